The molecule has 0 amide bonds. The van der Waals surface area contributed by atoms with Gasteiger partial charge < -0.3 is 15.0 Å². The van der Waals surface area contributed by atoms with Crippen LogP contribution in [-0.2, 0) is 9.53 Å². The number of rotatable bonds is 7. The molecule has 2 fully saturated rings. The van der Waals surface area contributed by atoms with E-state index in [9.17, 15) is 4.79 Å². The summed E-state index contributed by atoms with van der Waals surface area (Å²) in [5.74, 6) is 1.75. The van der Waals surface area contributed by atoms with Gasteiger partial charge in [-0.2, -0.15) is 0 Å². The van der Waals surface area contributed by atoms with Gasteiger partial charge in [0.1, 0.15) is 6.04 Å². The minimum Gasteiger partial charge on any atom is -0.465 e. The molecule has 0 aromatic carbocycles. The fraction of sp³-hybridized carbons (Fsp3) is 0.938. The van der Waals surface area contributed by atoms with Crippen molar-refractivity contribution >= 4 is 5.97 Å². The van der Waals surface area contributed by atoms with Crippen molar-refractivity contribution in [1.82, 2.24) is 10.2 Å². The van der Waals surface area contributed by atoms with E-state index in [0.29, 0.717) is 12.6 Å². The third kappa shape index (κ3) is 4.19. The quantitative estimate of drug-likeness (QED) is 0.726. The molecule has 0 bridgehead atoms. The zero-order chi connectivity index (χ0) is 14.5. The molecule has 0 aromatic rings. The third-order valence-electron chi connectivity index (χ3n) is 4.64. The molecule has 116 valence electrons. The van der Waals surface area contributed by atoms with Crippen LogP contribution >= 0.6 is 0 Å². The van der Waals surface area contributed by atoms with E-state index in [2.05, 4.69) is 24.1 Å². The molecule has 1 saturated carbocycles. The van der Waals surface area contributed by atoms with Crippen molar-refractivity contribution in [3.8, 4) is 0 Å². The Hall–Kier alpha value is -0.610. The molecule has 1 aliphatic heterocycles. The van der Waals surface area contributed by atoms with E-state index in [4.69, 9.17) is 4.74 Å². The summed E-state index contributed by atoms with van der Waals surface area (Å²) in [7, 11) is 0. The third-order valence-corrected chi connectivity index (χ3v) is 4.64. The van der Waals surface area contributed by atoms with Gasteiger partial charge in [0.2, 0.25) is 0 Å². The largest absolute Gasteiger partial charge is 0.465 e. The summed E-state index contributed by atoms with van der Waals surface area (Å²) < 4.78 is 5.17. The van der Waals surface area contributed by atoms with Crippen molar-refractivity contribution in [2.24, 2.45) is 11.8 Å². The molecule has 1 aliphatic carbocycles. The van der Waals surface area contributed by atoms with Gasteiger partial charge >= 0.3 is 5.97 Å². The molecule has 1 saturated heterocycles. The molecule has 0 aromatic heterocycles. The lowest BCUT2D eigenvalue weighted by molar-refractivity contribution is -0.146. The number of hydrogen-bond acceptors (Lipinski definition) is 4. The summed E-state index contributed by atoms with van der Waals surface area (Å²) in [6, 6.07) is 0.151. The summed E-state index contributed by atoms with van der Waals surface area (Å²) in [6.45, 7) is 9.97. The van der Waals surface area contributed by atoms with Crippen LogP contribution in [-0.4, -0.2) is 49.2 Å². The molecule has 2 aliphatic rings. The maximum Gasteiger partial charge on any atom is 0.323 e. The number of hydrogen-bond donors (Lipinski definition) is 1. The standard InChI is InChI=1S/C16H30N2O2/c1-4-20-16(19)15(17-12(2)3)8-9-18-10-13-6-5-7-14(13)11-18/h12-15,17H,4-11H2,1-3H3. The van der Waals surface area contributed by atoms with E-state index in [1.165, 1.54) is 32.4 Å². The van der Waals surface area contributed by atoms with Crippen LogP contribution in [0.15, 0.2) is 0 Å². The molecule has 3 unspecified atom stereocenters. The van der Waals surface area contributed by atoms with E-state index in [1.54, 1.807) is 0 Å². The monoisotopic (exact) mass is 282 g/mol. The molecule has 4 nitrogen and oxygen atoms in total. The normalized spacial score (nSPS) is 27.8. The number of ether oxygens (including phenoxy) is 1. The number of carbonyl (C=O) groups is 1. The number of esters is 1. The minimum atomic E-state index is -0.157. The van der Waals surface area contributed by atoms with Crippen LogP contribution in [0.2, 0.25) is 0 Å². The molecule has 0 spiro atoms. The van der Waals surface area contributed by atoms with Crippen LogP contribution in [0.1, 0.15) is 46.5 Å². The summed E-state index contributed by atoms with van der Waals surface area (Å²) in [6.07, 6.45) is 5.10. The van der Waals surface area contributed by atoms with Gasteiger partial charge in [0.15, 0.2) is 0 Å². The van der Waals surface area contributed by atoms with Gasteiger partial charge in [0.25, 0.3) is 0 Å². The smallest absolute Gasteiger partial charge is 0.323 e. The van der Waals surface area contributed by atoms with Crippen molar-refractivity contribution in [2.45, 2.75) is 58.5 Å². The van der Waals surface area contributed by atoms with E-state index in [0.717, 1.165) is 24.8 Å². The average molecular weight is 282 g/mol. The molecule has 2 rings (SSSR count). The molecular formula is C16H30N2O2. The topological polar surface area (TPSA) is 41.6 Å². The Kier molecular flexibility index (Phi) is 5.85. The highest BCUT2D eigenvalue weighted by atomic mass is 16.5. The lowest BCUT2D eigenvalue weighted by atomic mass is 10.0. The van der Waals surface area contributed by atoms with Gasteiger partial charge in [-0.3, -0.25) is 4.79 Å². The fourth-order valence-electron chi connectivity index (χ4n) is 3.74. The molecule has 1 heterocycles. The van der Waals surface area contributed by atoms with Gasteiger partial charge in [-0.1, -0.05) is 20.3 Å². The Morgan fingerprint density at radius 1 is 1.30 bits per heavy atom. The molecule has 20 heavy (non-hydrogen) atoms. The Bertz CT molecular complexity index is 308. The summed E-state index contributed by atoms with van der Waals surface area (Å²) in [5, 5.41) is 3.34. The van der Waals surface area contributed by atoms with E-state index in [1.807, 2.05) is 6.92 Å². The molecular weight excluding hydrogens is 252 g/mol. The van der Waals surface area contributed by atoms with Gasteiger partial charge in [-0.05, 0) is 38.0 Å². The van der Waals surface area contributed by atoms with Crippen LogP contribution < -0.4 is 5.32 Å². The van der Waals surface area contributed by atoms with Gasteiger partial charge in [0, 0.05) is 25.7 Å². The van der Waals surface area contributed by atoms with Gasteiger partial charge in [0.05, 0.1) is 6.61 Å². The molecule has 3 atom stereocenters. The first kappa shape index (κ1) is 15.8. The summed E-state index contributed by atoms with van der Waals surface area (Å²) >= 11 is 0. The first-order chi connectivity index (χ1) is 9.60. The second-order valence-corrected chi connectivity index (χ2v) is 6.63. The first-order valence-corrected chi connectivity index (χ1v) is 8.25. The van der Waals surface area contributed by atoms with Crippen molar-refractivity contribution in [2.75, 3.05) is 26.2 Å². The molecule has 4 heteroatoms. The highest BCUT2D eigenvalue weighted by Gasteiger charge is 2.36. The maximum atomic E-state index is 12.0. The second-order valence-electron chi connectivity index (χ2n) is 6.63. The van der Waals surface area contributed by atoms with Crippen molar-refractivity contribution < 1.29 is 9.53 Å². The van der Waals surface area contributed by atoms with Gasteiger partial charge in [-0.25, -0.2) is 0 Å². The van der Waals surface area contributed by atoms with E-state index >= 15 is 0 Å². The number of carbonyl (C=O) groups excluding carboxylic acids is 1. The SMILES string of the molecule is CCOC(=O)C(CCN1CC2CCCC2C1)NC(C)C. The van der Waals surface area contributed by atoms with Crippen LogP contribution in [0.3, 0.4) is 0 Å². The van der Waals surface area contributed by atoms with Crippen molar-refractivity contribution in [3.05, 3.63) is 0 Å². The van der Waals surface area contributed by atoms with Crippen LogP contribution in [0.4, 0.5) is 0 Å². The number of fused-ring (bicyclic) bond motifs is 1. The zero-order valence-corrected chi connectivity index (χ0v) is 13.2. The Labute approximate surface area is 123 Å². The Balaban J connectivity index is 1.77. The number of nitrogens with zero attached hydrogens (tertiary/aromatic N) is 1. The Morgan fingerprint density at radius 3 is 2.50 bits per heavy atom. The van der Waals surface area contributed by atoms with Crippen LogP contribution in [0.25, 0.3) is 0 Å². The van der Waals surface area contributed by atoms with E-state index < -0.39 is 0 Å². The fourth-order valence-corrected chi connectivity index (χ4v) is 3.74. The summed E-state index contributed by atoms with van der Waals surface area (Å²) in [4.78, 5) is 14.5. The van der Waals surface area contributed by atoms with Crippen LogP contribution in [0.5, 0.6) is 0 Å². The Morgan fingerprint density at radius 2 is 1.95 bits per heavy atom. The van der Waals surface area contributed by atoms with Crippen molar-refractivity contribution in [3.63, 3.8) is 0 Å². The molecule has 0 radical (unpaired) electrons. The van der Waals surface area contributed by atoms with E-state index in [-0.39, 0.29) is 12.0 Å². The maximum absolute atomic E-state index is 12.0. The highest BCUT2D eigenvalue weighted by Crippen LogP contribution is 2.37. The second kappa shape index (κ2) is 7.41. The average Bonchev–Trinajstić information content (AvgIpc) is 2.94. The molecule has 1 N–H and O–H groups in total. The summed E-state index contributed by atoms with van der Waals surface area (Å²) in [5.41, 5.74) is 0. The van der Waals surface area contributed by atoms with Crippen molar-refractivity contribution in [1.29, 1.82) is 0 Å². The lowest BCUT2D eigenvalue weighted by Gasteiger charge is -2.23. The minimum absolute atomic E-state index is 0.0967. The lowest BCUT2D eigenvalue weighted by Crippen LogP contribution is -2.44. The predicted molar refractivity (Wildman–Crippen MR) is 80.6 cm³/mol. The first-order valence-electron chi connectivity index (χ1n) is 8.25. The zero-order valence-electron chi connectivity index (χ0n) is 13.2. The van der Waals surface area contributed by atoms with Crippen LogP contribution in [0, 0.1) is 11.8 Å². The highest BCUT2D eigenvalue weighted by molar-refractivity contribution is 5.75. The number of nitrogens with one attached hydrogen (secondary N) is 1. The number of likely N-dealkylation sites (tertiary alicyclic amines) is 1. The van der Waals surface area contributed by atoms with Gasteiger partial charge in [-0.15, -0.1) is 0 Å². The predicted octanol–water partition coefficient (Wildman–Crippen LogP) is 2.04.